The summed E-state index contributed by atoms with van der Waals surface area (Å²) < 4.78 is 0. The summed E-state index contributed by atoms with van der Waals surface area (Å²) in [7, 11) is 0. The van der Waals surface area contributed by atoms with E-state index in [1.165, 1.54) is 6.92 Å². The second-order valence-electron chi connectivity index (χ2n) is 0.993. The molecule has 35 valence electrons. The van der Waals surface area contributed by atoms with Gasteiger partial charge in [-0.25, -0.2) is 0 Å². The van der Waals surface area contributed by atoms with Gasteiger partial charge < -0.3 is 0 Å². The van der Waals surface area contributed by atoms with Gasteiger partial charge in [-0.3, -0.25) is 10.1 Å². The Labute approximate surface area is 37.5 Å². The van der Waals surface area contributed by atoms with E-state index in [4.69, 9.17) is 0 Å². The number of rotatable bonds is 1. The largest absolute Gasteiger partial charge is 0.273 e. The topological polar surface area (TPSA) is 31.2 Å². The molecule has 2 nitrogen and oxygen atoms in total. The van der Waals surface area contributed by atoms with Crippen molar-refractivity contribution in [3.05, 3.63) is 0 Å². The Hall–Kier alpha value is -0.530. The zero-order valence-corrected chi connectivity index (χ0v) is 4.06. The lowest BCUT2D eigenvalue weighted by Gasteiger charge is -1.83. The zero-order valence-electron chi connectivity index (χ0n) is 4.06. The van der Waals surface area contributed by atoms with Crippen molar-refractivity contribution in [2.24, 2.45) is 0 Å². The van der Waals surface area contributed by atoms with E-state index in [1.54, 1.807) is 0 Å². The molecule has 0 rings (SSSR count). The van der Waals surface area contributed by atoms with Gasteiger partial charge in [0.1, 0.15) is 0 Å². The first-order valence-corrected chi connectivity index (χ1v) is 1.95. The lowest BCUT2D eigenvalue weighted by atomic mass is 10.6. The molecule has 1 radical (unpaired) electrons. The van der Waals surface area contributed by atoms with Crippen LogP contribution < -0.4 is 5.32 Å². The Morgan fingerprint density at radius 1 is 1.83 bits per heavy atom. The van der Waals surface area contributed by atoms with Crippen LogP contribution in [0.5, 0.6) is 0 Å². The van der Waals surface area contributed by atoms with Crippen molar-refractivity contribution in [1.82, 2.24) is 5.32 Å². The Morgan fingerprint density at radius 3 is 2.33 bits per heavy atom. The molecule has 0 spiro atoms. The monoisotopic (exact) mass is 86.1 g/mol. The van der Waals surface area contributed by atoms with Crippen LogP contribution in [0.15, 0.2) is 0 Å². The van der Waals surface area contributed by atoms with Gasteiger partial charge in [-0.15, -0.1) is 0 Å². The van der Waals surface area contributed by atoms with Gasteiger partial charge in [-0.05, 0) is 6.92 Å². The summed E-state index contributed by atoms with van der Waals surface area (Å²) >= 11 is 0. The molecule has 0 fully saturated rings. The van der Waals surface area contributed by atoms with Gasteiger partial charge in [0.05, 0.1) is 0 Å². The van der Waals surface area contributed by atoms with E-state index in [9.17, 15) is 4.79 Å². The van der Waals surface area contributed by atoms with E-state index in [0.29, 0.717) is 6.54 Å². The van der Waals surface area contributed by atoms with Gasteiger partial charge in [0.2, 0.25) is 5.91 Å². The molecule has 1 amide bonds. The van der Waals surface area contributed by atoms with Crippen molar-refractivity contribution in [2.45, 2.75) is 13.8 Å². The SMILES string of the molecule is CC[N]C(C)=O. The lowest BCUT2D eigenvalue weighted by Crippen LogP contribution is -2.09. The third-order valence-corrected chi connectivity index (χ3v) is 0.381. The molecule has 0 aliphatic rings. The van der Waals surface area contributed by atoms with Gasteiger partial charge in [0.25, 0.3) is 0 Å². The minimum Gasteiger partial charge on any atom is -0.273 e. The molecule has 0 N–H and O–H groups in total. The smallest absolute Gasteiger partial charge is 0.238 e. The molecule has 0 atom stereocenters. The first-order valence-electron chi connectivity index (χ1n) is 1.95. The zero-order chi connectivity index (χ0) is 4.99. The predicted octanol–water partition coefficient (Wildman–Crippen LogP) is 0.157. The summed E-state index contributed by atoms with van der Waals surface area (Å²) in [4.78, 5) is 9.88. The minimum absolute atomic E-state index is 0.0856. The Kier molecular flexibility index (Phi) is 2.46. The highest BCUT2D eigenvalue weighted by molar-refractivity contribution is 5.72. The van der Waals surface area contributed by atoms with Crippen LogP contribution in [-0.4, -0.2) is 12.5 Å². The van der Waals surface area contributed by atoms with Crippen LogP contribution in [0.2, 0.25) is 0 Å². The first kappa shape index (κ1) is 5.47. The molecule has 0 bridgehead atoms. The number of carbonyl (C=O) groups excluding carboxylic acids is 1. The van der Waals surface area contributed by atoms with Crippen LogP contribution in [0, 0.1) is 0 Å². The Bertz CT molecular complexity index is 51.5. The molecule has 0 saturated heterocycles. The number of amides is 1. The summed E-state index contributed by atoms with van der Waals surface area (Å²) in [6.45, 7) is 3.89. The second kappa shape index (κ2) is 2.69. The van der Waals surface area contributed by atoms with Gasteiger partial charge in [-0.2, -0.15) is 0 Å². The van der Waals surface area contributed by atoms with E-state index in [-0.39, 0.29) is 5.91 Å². The maximum Gasteiger partial charge on any atom is 0.238 e. The third kappa shape index (κ3) is 3.47. The van der Waals surface area contributed by atoms with Crippen molar-refractivity contribution >= 4 is 5.91 Å². The number of hydrogen-bond donors (Lipinski definition) is 0. The van der Waals surface area contributed by atoms with E-state index < -0.39 is 0 Å². The maximum atomic E-state index is 9.88. The van der Waals surface area contributed by atoms with Gasteiger partial charge >= 0.3 is 0 Å². The van der Waals surface area contributed by atoms with Crippen LogP contribution in [0.1, 0.15) is 13.8 Å². The van der Waals surface area contributed by atoms with Crippen molar-refractivity contribution in [3.63, 3.8) is 0 Å². The summed E-state index contributed by atoms with van der Waals surface area (Å²) in [5, 5.41) is 3.49. The molecular weight excluding hydrogens is 78.0 g/mol. The molecule has 2 heteroatoms. The van der Waals surface area contributed by atoms with Crippen molar-refractivity contribution in [2.75, 3.05) is 6.54 Å². The predicted molar refractivity (Wildman–Crippen MR) is 23.4 cm³/mol. The van der Waals surface area contributed by atoms with E-state index in [2.05, 4.69) is 5.32 Å². The number of hydrogen-bond acceptors (Lipinski definition) is 1. The number of nitrogens with zero attached hydrogens (tertiary/aromatic N) is 1. The quantitative estimate of drug-likeness (QED) is 0.447. The van der Waals surface area contributed by atoms with Crippen LogP contribution in [0.3, 0.4) is 0 Å². The molecule has 6 heavy (non-hydrogen) atoms. The summed E-state index contributed by atoms with van der Waals surface area (Å²) in [5.41, 5.74) is 0. The highest BCUT2D eigenvalue weighted by Crippen LogP contribution is 1.58. The highest BCUT2D eigenvalue weighted by Gasteiger charge is 1.82. The fourth-order valence-corrected chi connectivity index (χ4v) is 0.223. The molecular formula is C4H8NO. The summed E-state index contributed by atoms with van der Waals surface area (Å²) in [5.74, 6) is -0.0856. The van der Waals surface area contributed by atoms with Gasteiger partial charge in [0, 0.05) is 13.5 Å². The van der Waals surface area contributed by atoms with E-state index >= 15 is 0 Å². The molecule has 0 aromatic carbocycles. The molecule has 0 heterocycles. The molecule has 0 aliphatic heterocycles. The first-order chi connectivity index (χ1) is 2.77. The molecule has 0 aromatic heterocycles. The fraction of sp³-hybridized carbons (Fsp3) is 0.750. The van der Waals surface area contributed by atoms with Crippen molar-refractivity contribution in [1.29, 1.82) is 0 Å². The standard InChI is InChI=1S/C4H8NO/c1-3-5-4(2)6/h3H2,1-2H3. The van der Waals surface area contributed by atoms with Gasteiger partial charge in [-0.1, -0.05) is 0 Å². The van der Waals surface area contributed by atoms with Crippen molar-refractivity contribution in [3.8, 4) is 0 Å². The maximum absolute atomic E-state index is 9.88. The summed E-state index contributed by atoms with van der Waals surface area (Å²) in [6, 6.07) is 0. The normalized spacial score (nSPS) is 7.67. The van der Waals surface area contributed by atoms with Crippen LogP contribution in [-0.2, 0) is 4.79 Å². The van der Waals surface area contributed by atoms with Crippen molar-refractivity contribution < 1.29 is 4.79 Å². The van der Waals surface area contributed by atoms with Gasteiger partial charge in [0.15, 0.2) is 0 Å². The van der Waals surface area contributed by atoms with E-state index in [1.807, 2.05) is 6.92 Å². The molecule has 0 unspecified atom stereocenters. The Balaban J connectivity index is 2.83. The minimum atomic E-state index is -0.0856. The van der Waals surface area contributed by atoms with Crippen LogP contribution in [0.4, 0.5) is 0 Å². The van der Waals surface area contributed by atoms with Crippen LogP contribution >= 0.6 is 0 Å². The lowest BCUT2D eigenvalue weighted by molar-refractivity contribution is -0.119. The second-order valence-corrected chi connectivity index (χ2v) is 0.993. The number of carbonyl (C=O) groups is 1. The highest BCUT2D eigenvalue weighted by atomic mass is 16.1. The average molecular weight is 86.1 g/mol. The van der Waals surface area contributed by atoms with Crippen LogP contribution in [0.25, 0.3) is 0 Å². The molecule has 0 aliphatic carbocycles. The molecule has 0 saturated carbocycles. The fourth-order valence-electron chi connectivity index (χ4n) is 0.223. The van der Waals surface area contributed by atoms with E-state index in [0.717, 1.165) is 0 Å². The average Bonchev–Trinajstić information content (AvgIpc) is 1.35. The third-order valence-electron chi connectivity index (χ3n) is 0.381. The summed E-state index contributed by atoms with van der Waals surface area (Å²) in [6.07, 6.45) is 0. The Morgan fingerprint density at radius 2 is 2.33 bits per heavy atom. The molecule has 0 aromatic rings.